The van der Waals surface area contributed by atoms with Crippen LogP contribution >= 0.6 is 35.0 Å². The fraction of sp³-hybridized carbons (Fsp3) is 0.286. The van der Waals surface area contributed by atoms with Gasteiger partial charge in [-0.2, -0.15) is 0 Å². The van der Waals surface area contributed by atoms with E-state index in [1.807, 2.05) is 29.7 Å². The molecule has 1 amide bonds. The molecule has 0 saturated carbocycles. The highest BCUT2D eigenvalue weighted by Gasteiger charge is 2.22. The number of nitrogens with zero attached hydrogens (tertiary/aromatic N) is 4. The second-order valence-corrected chi connectivity index (χ2v) is 8.80. The molecule has 2 aromatic carbocycles. The van der Waals surface area contributed by atoms with E-state index in [0.29, 0.717) is 34.1 Å². The molecule has 3 aromatic rings. The van der Waals surface area contributed by atoms with E-state index in [4.69, 9.17) is 27.9 Å². The SMILES string of the molecule is Cc1cccc(-n2c(SCC(=O)Nc3cc(Cl)ccc3Cl)nnc2N2CCOCC2)c1. The van der Waals surface area contributed by atoms with Crippen molar-refractivity contribution in [3.63, 3.8) is 0 Å². The van der Waals surface area contributed by atoms with Crippen LogP contribution in [-0.2, 0) is 9.53 Å². The molecular weight excluding hydrogens is 457 g/mol. The van der Waals surface area contributed by atoms with E-state index in [-0.39, 0.29) is 11.7 Å². The molecule has 10 heteroatoms. The standard InChI is InChI=1S/C21H21Cl2N5O2S/c1-14-3-2-4-16(11-14)28-20(27-7-9-30-10-8-27)25-26-21(28)31-13-19(29)24-18-12-15(22)5-6-17(18)23/h2-6,11-12H,7-10,13H2,1H3,(H,24,29). The minimum atomic E-state index is -0.208. The highest BCUT2D eigenvalue weighted by molar-refractivity contribution is 7.99. The summed E-state index contributed by atoms with van der Waals surface area (Å²) in [7, 11) is 0. The average molecular weight is 478 g/mol. The number of morpholine rings is 1. The Balaban J connectivity index is 1.55. The van der Waals surface area contributed by atoms with Crippen molar-refractivity contribution < 1.29 is 9.53 Å². The molecule has 7 nitrogen and oxygen atoms in total. The molecule has 1 aliphatic heterocycles. The monoisotopic (exact) mass is 477 g/mol. The summed E-state index contributed by atoms with van der Waals surface area (Å²) in [6.07, 6.45) is 0. The maximum atomic E-state index is 12.5. The molecule has 31 heavy (non-hydrogen) atoms. The van der Waals surface area contributed by atoms with E-state index in [1.54, 1.807) is 18.2 Å². The summed E-state index contributed by atoms with van der Waals surface area (Å²) in [5.41, 5.74) is 2.56. The van der Waals surface area contributed by atoms with Crippen LogP contribution in [0.1, 0.15) is 5.56 Å². The first kappa shape index (κ1) is 22.0. The molecule has 1 aliphatic rings. The van der Waals surface area contributed by atoms with Gasteiger partial charge in [0.2, 0.25) is 11.9 Å². The van der Waals surface area contributed by atoms with Crippen LogP contribution in [0.25, 0.3) is 5.69 Å². The lowest BCUT2D eigenvalue weighted by atomic mass is 10.2. The van der Waals surface area contributed by atoms with Crippen molar-refractivity contribution in [1.82, 2.24) is 14.8 Å². The van der Waals surface area contributed by atoms with Gasteiger partial charge in [-0.15, -0.1) is 10.2 Å². The molecule has 1 aromatic heterocycles. The number of carbonyl (C=O) groups is 1. The molecule has 4 rings (SSSR count). The van der Waals surface area contributed by atoms with Gasteiger partial charge in [-0.05, 0) is 42.8 Å². The Morgan fingerprint density at radius 2 is 1.97 bits per heavy atom. The summed E-state index contributed by atoms with van der Waals surface area (Å²) < 4.78 is 7.46. The number of aromatic nitrogens is 3. The zero-order valence-corrected chi connectivity index (χ0v) is 19.2. The fourth-order valence-corrected chi connectivity index (χ4v) is 4.31. The summed E-state index contributed by atoms with van der Waals surface area (Å²) in [5.74, 6) is 0.686. The molecule has 0 unspecified atom stereocenters. The molecule has 2 heterocycles. The number of hydrogen-bond donors (Lipinski definition) is 1. The number of ether oxygens (including phenoxy) is 1. The topological polar surface area (TPSA) is 72.3 Å². The predicted molar refractivity (Wildman–Crippen MR) is 125 cm³/mol. The van der Waals surface area contributed by atoms with Crippen molar-refractivity contribution >= 4 is 52.5 Å². The number of nitrogens with one attached hydrogen (secondary N) is 1. The Morgan fingerprint density at radius 1 is 1.16 bits per heavy atom. The molecule has 0 radical (unpaired) electrons. The van der Waals surface area contributed by atoms with Crippen molar-refractivity contribution in [3.8, 4) is 5.69 Å². The number of amides is 1. The zero-order chi connectivity index (χ0) is 21.8. The van der Waals surface area contributed by atoms with Gasteiger partial charge >= 0.3 is 0 Å². The number of aryl methyl sites for hydroxylation is 1. The van der Waals surface area contributed by atoms with E-state index in [2.05, 4.69) is 26.5 Å². The zero-order valence-electron chi connectivity index (χ0n) is 16.8. The Bertz CT molecular complexity index is 1090. The van der Waals surface area contributed by atoms with Gasteiger partial charge in [0.15, 0.2) is 5.16 Å². The molecule has 0 aliphatic carbocycles. The van der Waals surface area contributed by atoms with Crippen LogP contribution in [0.4, 0.5) is 11.6 Å². The van der Waals surface area contributed by atoms with Crippen molar-refractivity contribution in [2.45, 2.75) is 12.1 Å². The van der Waals surface area contributed by atoms with Gasteiger partial charge in [0, 0.05) is 18.1 Å². The lowest BCUT2D eigenvalue weighted by molar-refractivity contribution is -0.113. The van der Waals surface area contributed by atoms with Gasteiger partial charge in [-0.25, -0.2) is 0 Å². The quantitative estimate of drug-likeness (QED) is 0.528. The number of thioether (sulfide) groups is 1. The Kier molecular flexibility index (Phi) is 7.02. The molecule has 1 fully saturated rings. The number of benzene rings is 2. The second kappa shape index (κ2) is 9.91. The molecule has 0 spiro atoms. The van der Waals surface area contributed by atoms with Gasteiger partial charge in [0.25, 0.3) is 0 Å². The van der Waals surface area contributed by atoms with Gasteiger partial charge in [-0.3, -0.25) is 9.36 Å². The summed E-state index contributed by atoms with van der Waals surface area (Å²) in [6, 6.07) is 13.1. The highest BCUT2D eigenvalue weighted by atomic mass is 35.5. The third-order valence-electron chi connectivity index (χ3n) is 4.70. The first-order valence-corrected chi connectivity index (χ1v) is 11.5. The van der Waals surface area contributed by atoms with Crippen LogP contribution < -0.4 is 10.2 Å². The lowest BCUT2D eigenvalue weighted by Crippen LogP contribution is -2.37. The normalized spacial score (nSPS) is 14.0. The van der Waals surface area contributed by atoms with Crippen LogP contribution in [0.15, 0.2) is 47.6 Å². The summed E-state index contributed by atoms with van der Waals surface area (Å²) in [5, 5.41) is 13.2. The minimum absolute atomic E-state index is 0.149. The fourth-order valence-electron chi connectivity index (χ4n) is 3.23. The van der Waals surface area contributed by atoms with Crippen LogP contribution in [-0.4, -0.2) is 52.7 Å². The van der Waals surface area contributed by atoms with Crippen molar-refractivity contribution in [1.29, 1.82) is 0 Å². The van der Waals surface area contributed by atoms with Crippen LogP contribution in [0.2, 0.25) is 10.0 Å². The third-order valence-corrected chi connectivity index (χ3v) is 6.20. The molecule has 0 atom stereocenters. The second-order valence-electron chi connectivity index (χ2n) is 7.02. The third kappa shape index (κ3) is 5.33. The van der Waals surface area contributed by atoms with Gasteiger partial charge in [0.1, 0.15) is 0 Å². The minimum Gasteiger partial charge on any atom is -0.378 e. The predicted octanol–water partition coefficient (Wildman–Crippen LogP) is 4.45. The van der Waals surface area contributed by atoms with Crippen molar-refractivity contribution in [2.75, 3.05) is 42.3 Å². The lowest BCUT2D eigenvalue weighted by Gasteiger charge is -2.28. The Hall–Kier alpha value is -2.26. The van der Waals surface area contributed by atoms with Crippen molar-refractivity contribution in [2.24, 2.45) is 0 Å². The van der Waals surface area contributed by atoms with Crippen LogP contribution in [0.5, 0.6) is 0 Å². The number of rotatable bonds is 6. The molecular formula is C21H21Cl2N5O2S. The first-order valence-electron chi connectivity index (χ1n) is 9.74. The summed E-state index contributed by atoms with van der Waals surface area (Å²) >= 11 is 13.5. The number of hydrogen-bond acceptors (Lipinski definition) is 6. The summed E-state index contributed by atoms with van der Waals surface area (Å²) in [4.78, 5) is 14.7. The maximum absolute atomic E-state index is 12.5. The van der Waals surface area contributed by atoms with E-state index >= 15 is 0 Å². The van der Waals surface area contributed by atoms with E-state index < -0.39 is 0 Å². The summed E-state index contributed by atoms with van der Waals surface area (Å²) in [6.45, 7) is 4.81. The Morgan fingerprint density at radius 3 is 2.74 bits per heavy atom. The smallest absolute Gasteiger partial charge is 0.234 e. The van der Waals surface area contributed by atoms with E-state index in [9.17, 15) is 4.79 Å². The molecule has 1 N–H and O–H groups in total. The molecule has 162 valence electrons. The van der Waals surface area contributed by atoms with Gasteiger partial charge < -0.3 is 15.0 Å². The number of halogens is 2. The van der Waals surface area contributed by atoms with E-state index in [0.717, 1.165) is 30.3 Å². The largest absolute Gasteiger partial charge is 0.378 e. The number of anilines is 2. The molecule has 1 saturated heterocycles. The van der Waals surface area contributed by atoms with E-state index in [1.165, 1.54) is 11.8 Å². The number of carbonyl (C=O) groups excluding carboxylic acids is 1. The Labute approximate surface area is 194 Å². The van der Waals surface area contributed by atoms with Crippen LogP contribution in [0, 0.1) is 6.92 Å². The highest BCUT2D eigenvalue weighted by Crippen LogP contribution is 2.29. The maximum Gasteiger partial charge on any atom is 0.234 e. The van der Waals surface area contributed by atoms with Gasteiger partial charge in [-0.1, -0.05) is 47.1 Å². The first-order chi connectivity index (χ1) is 15.0. The average Bonchev–Trinajstić information content (AvgIpc) is 3.19. The molecule has 0 bridgehead atoms. The van der Waals surface area contributed by atoms with Crippen LogP contribution in [0.3, 0.4) is 0 Å². The van der Waals surface area contributed by atoms with Gasteiger partial charge in [0.05, 0.1) is 35.4 Å². The van der Waals surface area contributed by atoms with Crippen molar-refractivity contribution in [3.05, 3.63) is 58.1 Å².